The fourth-order valence-electron chi connectivity index (χ4n) is 3.60. The predicted molar refractivity (Wildman–Crippen MR) is 97.0 cm³/mol. The van der Waals surface area contributed by atoms with Gasteiger partial charge in [-0.05, 0) is 55.7 Å². The molecule has 0 bridgehead atoms. The van der Waals surface area contributed by atoms with Crippen molar-refractivity contribution in [2.45, 2.75) is 32.0 Å². The average molecular weight is 363 g/mol. The number of aryl methyl sites for hydroxylation is 1. The summed E-state index contributed by atoms with van der Waals surface area (Å²) in [6.45, 7) is 2.04. The third kappa shape index (κ3) is 6.12. The van der Waals surface area contributed by atoms with Gasteiger partial charge >= 0.3 is 19.1 Å². The van der Waals surface area contributed by atoms with E-state index in [0.717, 1.165) is 31.5 Å². The summed E-state index contributed by atoms with van der Waals surface area (Å²) < 4.78 is 0. The van der Waals surface area contributed by atoms with Gasteiger partial charge in [-0.1, -0.05) is 18.6 Å². The van der Waals surface area contributed by atoms with Crippen LogP contribution in [0.15, 0.2) is 24.3 Å². The van der Waals surface area contributed by atoms with E-state index in [1.807, 2.05) is 12.1 Å². The molecule has 4 N–H and O–H groups in total. The van der Waals surface area contributed by atoms with Crippen molar-refractivity contribution in [1.82, 2.24) is 4.90 Å². The fraction of sp³-hybridized carbons (Fsp3) is 0.556. The smallest absolute Gasteiger partial charge is 0.451 e. The predicted octanol–water partition coefficient (Wildman–Crippen LogP) is 1.20. The van der Waals surface area contributed by atoms with Crippen molar-refractivity contribution >= 4 is 19.1 Å². The van der Waals surface area contributed by atoms with Crippen LogP contribution in [0, 0.1) is 11.8 Å². The van der Waals surface area contributed by atoms with Crippen molar-refractivity contribution in [3.05, 3.63) is 35.4 Å². The maximum Gasteiger partial charge on any atom is 0.451 e. The van der Waals surface area contributed by atoms with Gasteiger partial charge in [-0.2, -0.15) is 0 Å². The first-order valence-electron chi connectivity index (χ1n) is 9.00. The standard InChI is InChI=1S/C18H26BNO6/c21-17(22)14-7-5-13(6-8-14)3-2-10-20-11-15(4-1-9-19(25)26)16(12-20)18(23)24/h5-8,15-16,25-26H,1-4,9-12H2,(H,21,22)(H,23,24). The highest BCUT2D eigenvalue weighted by molar-refractivity contribution is 6.40. The Labute approximate surface area is 153 Å². The van der Waals surface area contributed by atoms with Crippen molar-refractivity contribution in [2.24, 2.45) is 11.8 Å². The quantitative estimate of drug-likeness (QED) is 0.461. The Bertz CT molecular complexity index is 606. The molecule has 0 saturated carbocycles. The molecule has 2 unspecified atom stereocenters. The summed E-state index contributed by atoms with van der Waals surface area (Å²) in [7, 11) is -1.33. The molecule has 1 aromatic carbocycles. The summed E-state index contributed by atoms with van der Waals surface area (Å²) in [6, 6.07) is 6.83. The van der Waals surface area contributed by atoms with Crippen molar-refractivity contribution < 1.29 is 29.9 Å². The third-order valence-corrected chi connectivity index (χ3v) is 5.01. The zero-order chi connectivity index (χ0) is 19.1. The van der Waals surface area contributed by atoms with Crippen molar-refractivity contribution in [3.63, 3.8) is 0 Å². The minimum Gasteiger partial charge on any atom is -0.481 e. The molecule has 1 aliphatic rings. The first-order chi connectivity index (χ1) is 12.4. The number of carbonyl (C=O) groups is 2. The molecule has 1 heterocycles. The van der Waals surface area contributed by atoms with E-state index >= 15 is 0 Å². The molecule has 1 aromatic rings. The Kier molecular flexibility index (Phi) is 7.62. The molecule has 0 amide bonds. The van der Waals surface area contributed by atoms with Crippen LogP contribution in [0.4, 0.5) is 0 Å². The molecule has 0 spiro atoms. The topological polar surface area (TPSA) is 118 Å². The largest absolute Gasteiger partial charge is 0.481 e. The van der Waals surface area contributed by atoms with Gasteiger partial charge in [0, 0.05) is 13.1 Å². The molecule has 1 aliphatic heterocycles. The zero-order valence-electron chi connectivity index (χ0n) is 14.8. The number of likely N-dealkylation sites (tertiary alicyclic amines) is 1. The van der Waals surface area contributed by atoms with Gasteiger partial charge in [-0.15, -0.1) is 0 Å². The summed E-state index contributed by atoms with van der Waals surface area (Å²) in [5, 5.41) is 36.2. The van der Waals surface area contributed by atoms with Crippen LogP contribution in [0.1, 0.15) is 35.2 Å². The van der Waals surface area contributed by atoms with Crippen molar-refractivity contribution in [1.29, 1.82) is 0 Å². The lowest BCUT2D eigenvalue weighted by Crippen LogP contribution is -2.24. The van der Waals surface area contributed by atoms with Gasteiger partial charge in [0.2, 0.25) is 0 Å². The molecule has 2 atom stereocenters. The number of hydrogen-bond donors (Lipinski definition) is 4. The molecule has 0 aromatic heterocycles. The number of hydrogen-bond acceptors (Lipinski definition) is 5. The number of rotatable bonds is 10. The second-order valence-corrected chi connectivity index (χ2v) is 6.98. The Morgan fingerprint density at radius 3 is 2.35 bits per heavy atom. The van der Waals surface area contributed by atoms with E-state index in [1.165, 1.54) is 0 Å². The highest BCUT2D eigenvalue weighted by atomic mass is 16.4. The van der Waals surface area contributed by atoms with E-state index in [9.17, 15) is 14.7 Å². The Morgan fingerprint density at radius 2 is 1.77 bits per heavy atom. The second-order valence-electron chi connectivity index (χ2n) is 6.98. The summed E-state index contributed by atoms with van der Waals surface area (Å²) in [5.41, 5.74) is 1.34. The summed E-state index contributed by atoms with van der Waals surface area (Å²) in [6.07, 6.45) is 3.25. The molecular formula is C18H26BNO6. The van der Waals surface area contributed by atoms with Crippen LogP contribution >= 0.6 is 0 Å². The minimum atomic E-state index is -1.33. The van der Waals surface area contributed by atoms with Gasteiger partial charge in [0.05, 0.1) is 11.5 Å². The maximum absolute atomic E-state index is 11.5. The Balaban J connectivity index is 1.78. The van der Waals surface area contributed by atoms with Gasteiger partial charge in [-0.3, -0.25) is 4.79 Å². The first kappa shape index (κ1) is 20.4. The lowest BCUT2D eigenvalue weighted by Gasteiger charge is -2.15. The first-order valence-corrected chi connectivity index (χ1v) is 9.00. The zero-order valence-corrected chi connectivity index (χ0v) is 14.8. The molecule has 142 valence electrons. The summed E-state index contributed by atoms with van der Waals surface area (Å²) in [5.74, 6) is -2.08. The normalized spacial score (nSPS) is 20.2. The van der Waals surface area contributed by atoms with Crippen LogP contribution in [0.25, 0.3) is 0 Å². The lowest BCUT2D eigenvalue weighted by molar-refractivity contribution is -0.142. The number of benzene rings is 1. The van der Waals surface area contributed by atoms with E-state index in [0.29, 0.717) is 19.4 Å². The van der Waals surface area contributed by atoms with E-state index in [2.05, 4.69) is 4.90 Å². The molecule has 0 aliphatic carbocycles. The molecular weight excluding hydrogens is 337 g/mol. The molecule has 7 nitrogen and oxygen atoms in total. The van der Waals surface area contributed by atoms with Crippen LogP contribution < -0.4 is 0 Å². The van der Waals surface area contributed by atoms with Crippen LogP contribution in [0.5, 0.6) is 0 Å². The van der Waals surface area contributed by atoms with E-state index in [1.54, 1.807) is 12.1 Å². The van der Waals surface area contributed by atoms with Gasteiger partial charge in [0.25, 0.3) is 0 Å². The lowest BCUT2D eigenvalue weighted by atomic mass is 9.80. The molecule has 26 heavy (non-hydrogen) atoms. The maximum atomic E-state index is 11.5. The Hall–Kier alpha value is -1.90. The highest BCUT2D eigenvalue weighted by Crippen LogP contribution is 2.28. The van der Waals surface area contributed by atoms with Crippen LogP contribution in [0.3, 0.4) is 0 Å². The van der Waals surface area contributed by atoms with E-state index in [4.69, 9.17) is 15.2 Å². The van der Waals surface area contributed by atoms with Crippen LogP contribution in [-0.2, 0) is 11.2 Å². The van der Waals surface area contributed by atoms with E-state index in [-0.39, 0.29) is 17.8 Å². The number of carboxylic acids is 2. The van der Waals surface area contributed by atoms with Crippen LogP contribution in [-0.4, -0.2) is 63.9 Å². The van der Waals surface area contributed by atoms with Gasteiger partial charge < -0.3 is 25.2 Å². The van der Waals surface area contributed by atoms with Gasteiger partial charge in [0.1, 0.15) is 0 Å². The molecule has 2 rings (SSSR count). The average Bonchev–Trinajstić information content (AvgIpc) is 2.98. The van der Waals surface area contributed by atoms with Crippen molar-refractivity contribution in [3.8, 4) is 0 Å². The number of aliphatic carboxylic acids is 1. The van der Waals surface area contributed by atoms with E-state index < -0.39 is 25.0 Å². The van der Waals surface area contributed by atoms with Crippen molar-refractivity contribution in [2.75, 3.05) is 19.6 Å². The Morgan fingerprint density at radius 1 is 1.08 bits per heavy atom. The van der Waals surface area contributed by atoms with Gasteiger partial charge in [-0.25, -0.2) is 4.79 Å². The molecule has 0 radical (unpaired) electrons. The SMILES string of the molecule is O=C(O)c1ccc(CCCN2CC(CCCB(O)O)C(C(=O)O)C2)cc1. The molecule has 8 heteroatoms. The molecule has 1 saturated heterocycles. The molecule has 1 fully saturated rings. The monoisotopic (exact) mass is 363 g/mol. The second kappa shape index (κ2) is 9.71. The number of carboxylic acid groups (broad SMARTS) is 2. The third-order valence-electron chi connectivity index (χ3n) is 5.01. The minimum absolute atomic E-state index is 0.0427. The van der Waals surface area contributed by atoms with Crippen LogP contribution in [0.2, 0.25) is 6.32 Å². The number of aromatic carboxylic acids is 1. The summed E-state index contributed by atoms with van der Waals surface area (Å²) in [4.78, 5) is 24.5. The highest BCUT2D eigenvalue weighted by Gasteiger charge is 2.36. The number of nitrogens with zero attached hydrogens (tertiary/aromatic N) is 1. The summed E-state index contributed by atoms with van der Waals surface area (Å²) >= 11 is 0. The fourth-order valence-corrected chi connectivity index (χ4v) is 3.60. The van der Waals surface area contributed by atoms with Gasteiger partial charge in [0.15, 0.2) is 0 Å².